The van der Waals surface area contributed by atoms with Gasteiger partial charge in [0.2, 0.25) is 0 Å². The first-order chi connectivity index (χ1) is 9.05. The molecule has 0 saturated carbocycles. The number of amidine groups is 1. The van der Waals surface area contributed by atoms with Crippen LogP contribution < -0.4 is 5.32 Å². The number of thioether (sulfide) groups is 1. The molecule has 0 aliphatic carbocycles. The van der Waals surface area contributed by atoms with E-state index in [9.17, 15) is 0 Å². The Morgan fingerprint density at radius 2 is 2.32 bits per heavy atom. The van der Waals surface area contributed by atoms with Crippen molar-refractivity contribution >= 4 is 16.9 Å². The van der Waals surface area contributed by atoms with E-state index in [-0.39, 0.29) is 0 Å². The number of nitrogens with one attached hydrogen (secondary N) is 1. The smallest absolute Gasteiger partial charge is 0.156 e. The predicted octanol–water partition coefficient (Wildman–Crippen LogP) is 3.12. The number of hydrogen-bond acceptors (Lipinski definition) is 3. The van der Waals surface area contributed by atoms with Crippen LogP contribution in [0.15, 0.2) is 29.5 Å². The van der Waals surface area contributed by atoms with E-state index in [1.54, 1.807) is 0 Å². The van der Waals surface area contributed by atoms with Gasteiger partial charge < -0.3 is 5.32 Å². The summed E-state index contributed by atoms with van der Waals surface area (Å²) >= 11 is 1.84. The van der Waals surface area contributed by atoms with Gasteiger partial charge in [0.25, 0.3) is 0 Å². The van der Waals surface area contributed by atoms with Gasteiger partial charge in [-0.15, -0.1) is 0 Å². The largest absolute Gasteiger partial charge is 0.362 e. The zero-order valence-electron chi connectivity index (χ0n) is 12.0. The van der Waals surface area contributed by atoms with Gasteiger partial charge in [-0.3, -0.25) is 9.98 Å². The summed E-state index contributed by atoms with van der Waals surface area (Å²) in [5, 5.41) is 4.68. The molecule has 0 bridgehead atoms. The first kappa shape index (κ1) is 14.4. The molecule has 19 heavy (non-hydrogen) atoms. The fraction of sp³-hybridized carbons (Fsp3) is 0.600. The van der Waals surface area contributed by atoms with E-state index in [4.69, 9.17) is 0 Å². The summed E-state index contributed by atoms with van der Waals surface area (Å²) in [5.41, 5.74) is 1.55. The van der Waals surface area contributed by atoms with Crippen LogP contribution >= 0.6 is 11.8 Å². The topological polar surface area (TPSA) is 37.3 Å². The summed E-state index contributed by atoms with van der Waals surface area (Å²) in [7, 11) is 0. The molecule has 1 atom stereocenters. The molecule has 1 aliphatic rings. The molecule has 1 aliphatic heterocycles. The van der Waals surface area contributed by atoms with Gasteiger partial charge in [0.1, 0.15) is 0 Å². The van der Waals surface area contributed by atoms with E-state index in [1.807, 2.05) is 30.2 Å². The minimum Gasteiger partial charge on any atom is -0.362 e. The summed E-state index contributed by atoms with van der Waals surface area (Å²) in [5.74, 6) is 1.17. The molecule has 0 spiro atoms. The highest BCUT2D eigenvalue weighted by Gasteiger charge is 2.28. The highest BCUT2D eigenvalue weighted by molar-refractivity contribution is 8.13. The summed E-state index contributed by atoms with van der Waals surface area (Å²) < 4.78 is 0. The van der Waals surface area contributed by atoms with Crippen LogP contribution in [0.1, 0.15) is 32.8 Å². The lowest BCUT2D eigenvalue weighted by atomic mass is 9.85. The third kappa shape index (κ3) is 4.53. The molecule has 0 aromatic carbocycles. The average molecular weight is 277 g/mol. The Morgan fingerprint density at radius 1 is 1.47 bits per heavy atom. The molecule has 2 heterocycles. The van der Waals surface area contributed by atoms with Crippen LogP contribution in [0.5, 0.6) is 0 Å². The van der Waals surface area contributed by atoms with Crippen molar-refractivity contribution < 1.29 is 0 Å². The molecule has 1 aromatic heterocycles. The quantitative estimate of drug-likeness (QED) is 0.922. The van der Waals surface area contributed by atoms with Gasteiger partial charge in [0.05, 0.1) is 0 Å². The third-order valence-electron chi connectivity index (χ3n) is 3.37. The highest BCUT2D eigenvalue weighted by Crippen LogP contribution is 2.27. The van der Waals surface area contributed by atoms with Crippen molar-refractivity contribution in [2.24, 2.45) is 10.4 Å². The Labute approximate surface area is 120 Å². The maximum Gasteiger partial charge on any atom is 0.156 e. The molecule has 4 heteroatoms. The zero-order chi connectivity index (χ0) is 13.7. The van der Waals surface area contributed by atoms with E-state index < -0.39 is 0 Å². The van der Waals surface area contributed by atoms with Gasteiger partial charge in [-0.05, 0) is 29.9 Å². The van der Waals surface area contributed by atoms with Crippen LogP contribution in [0.25, 0.3) is 0 Å². The molecule has 1 N–H and O–H groups in total. The first-order valence-corrected chi connectivity index (χ1v) is 7.87. The van der Waals surface area contributed by atoms with E-state index in [0.29, 0.717) is 11.5 Å². The van der Waals surface area contributed by atoms with Crippen LogP contribution in [0.2, 0.25) is 0 Å². The normalized spacial score (nSPS) is 22.3. The monoisotopic (exact) mass is 277 g/mol. The summed E-state index contributed by atoms with van der Waals surface area (Å²) in [6.45, 7) is 7.69. The Morgan fingerprint density at radius 3 is 3.00 bits per heavy atom. The fourth-order valence-electron chi connectivity index (χ4n) is 2.11. The second-order valence-electron chi connectivity index (χ2n) is 6.00. The molecule has 0 amide bonds. The van der Waals surface area contributed by atoms with Crippen molar-refractivity contribution in [1.29, 1.82) is 0 Å². The summed E-state index contributed by atoms with van der Waals surface area (Å²) in [6.07, 6.45) is 5.90. The van der Waals surface area contributed by atoms with Gasteiger partial charge >= 0.3 is 0 Å². The average Bonchev–Trinajstić information content (AvgIpc) is 2.39. The van der Waals surface area contributed by atoms with E-state index in [1.165, 1.54) is 17.7 Å². The second kappa shape index (κ2) is 6.42. The standard InChI is InChI=1S/C15H23N3S/c1-15(2,3)13-7-10-19-14(18-13)17-9-6-12-5-4-8-16-11-12/h4-5,8,11,13H,6-7,9-10H2,1-3H3,(H,17,18). The number of aliphatic imine (C=N–C) groups is 1. The first-order valence-electron chi connectivity index (χ1n) is 6.88. The van der Waals surface area contributed by atoms with Crippen molar-refractivity contribution in [3.63, 3.8) is 0 Å². The van der Waals surface area contributed by atoms with Crippen molar-refractivity contribution in [3.8, 4) is 0 Å². The highest BCUT2D eigenvalue weighted by atomic mass is 32.2. The SMILES string of the molecule is CC(C)(C)C1CCSC(=NCCc2cccnc2)N1. The second-order valence-corrected chi connectivity index (χ2v) is 7.08. The Hall–Kier alpha value is -1.03. The lowest BCUT2D eigenvalue weighted by Crippen LogP contribution is -2.46. The van der Waals surface area contributed by atoms with Gasteiger partial charge in [-0.2, -0.15) is 0 Å². The number of hydrogen-bond donors (Lipinski definition) is 1. The van der Waals surface area contributed by atoms with Gasteiger partial charge in [0.15, 0.2) is 5.17 Å². The maximum atomic E-state index is 4.68. The van der Waals surface area contributed by atoms with Crippen LogP contribution in [0.3, 0.4) is 0 Å². The molecule has 2 rings (SSSR count). The van der Waals surface area contributed by atoms with Gasteiger partial charge in [0, 0.05) is 30.7 Å². The van der Waals surface area contributed by atoms with Crippen molar-refractivity contribution in [2.75, 3.05) is 12.3 Å². The van der Waals surface area contributed by atoms with E-state index in [0.717, 1.165) is 18.1 Å². The predicted molar refractivity (Wildman–Crippen MR) is 83.7 cm³/mol. The number of aromatic nitrogens is 1. The van der Waals surface area contributed by atoms with E-state index >= 15 is 0 Å². The summed E-state index contributed by atoms with van der Waals surface area (Å²) in [6, 6.07) is 4.61. The van der Waals surface area contributed by atoms with Crippen LogP contribution in [0.4, 0.5) is 0 Å². The molecular weight excluding hydrogens is 254 g/mol. The number of pyridine rings is 1. The molecule has 3 nitrogen and oxygen atoms in total. The fourth-order valence-corrected chi connectivity index (χ4v) is 3.06. The number of rotatable bonds is 3. The van der Waals surface area contributed by atoms with Crippen LogP contribution in [-0.4, -0.2) is 28.5 Å². The zero-order valence-corrected chi connectivity index (χ0v) is 12.8. The van der Waals surface area contributed by atoms with Crippen LogP contribution in [0, 0.1) is 5.41 Å². The molecule has 0 radical (unpaired) electrons. The molecular formula is C15H23N3S. The molecule has 1 unspecified atom stereocenters. The summed E-state index contributed by atoms with van der Waals surface area (Å²) in [4.78, 5) is 8.81. The minimum absolute atomic E-state index is 0.297. The van der Waals surface area contributed by atoms with E-state index in [2.05, 4.69) is 42.1 Å². The Balaban J connectivity index is 1.86. The minimum atomic E-state index is 0.297. The van der Waals surface area contributed by atoms with Crippen LogP contribution in [-0.2, 0) is 6.42 Å². The molecule has 1 saturated heterocycles. The molecule has 1 aromatic rings. The van der Waals surface area contributed by atoms with Crippen molar-refractivity contribution in [1.82, 2.24) is 10.3 Å². The number of nitrogens with zero attached hydrogens (tertiary/aromatic N) is 2. The lowest BCUT2D eigenvalue weighted by molar-refractivity contribution is 0.290. The Kier molecular flexibility index (Phi) is 4.86. The molecule has 1 fully saturated rings. The van der Waals surface area contributed by atoms with Crippen molar-refractivity contribution in [3.05, 3.63) is 30.1 Å². The molecule has 104 valence electrons. The van der Waals surface area contributed by atoms with Crippen molar-refractivity contribution in [2.45, 2.75) is 39.7 Å². The van der Waals surface area contributed by atoms with Gasteiger partial charge in [-0.1, -0.05) is 38.6 Å². The lowest BCUT2D eigenvalue weighted by Gasteiger charge is -2.35. The van der Waals surface area contributed by atoms with Gasteiger partial charge in [-0.25, -0.2) is 0 Å². The Bertz CT molecular complexity index is 423. The maximum absolute atomic E-state index is 4.68. The third-order valence-corrected chi connectivity index (χ3v) is 4.33.